The number of carbonyl (C=O) groups excluding carboxylic acids is 1. The van der Waals surface area contributed by atoms with Crippen LogP contribution in [0.2, 0.25) is 0 Å². The largest absolute Gasteiger partial charge is 0.392 e. The molecule has 0 aliphatic carbocycles. The van der Waals surface area contributed by atoms with E-state index >= 15 is 0 Å². The number of Topliss-reactive ketones (excluding diaryl/α,β-unsaturated/α-hetero) is 1. The summed E-state index contributed by atoms with van der Waals surface area (Å²) in [7, 11) is 0. The molecule has 78 valence electrons. The van der Waals surface area contributed by atoms with Crippen molar-refractivity contribution in [1.82, 2.24) is 0 Å². The highest BCUT2D eigenvalue weighted by molar-refractivity contribution is 5.75. The van der Waals surface area contributed by atoms with Crippen LogP contribution in [0.4, 0.5) is 0 Å². The van der Waals surface area contributed by atoms with E-state index in [0.717, 1.165) is 18.4 Å². The van der Waals surface area contributed by atoms with Crippen LogP contribution < -0.4 is 0 Å². The molecule has 1 aromatic carbocycles. The zero-order valence-electron chi connectivity index (χ0n) is 8.86. The van der Waals surface area contributed by atoms with Crippen LogP contribution in [0.3, 0.4) is 0 Å². The third-order valence-corrected chi connectivity index (χ3v) is 1.63. The molecule has 2 nitrogen and oxygen atoms in total. The summed E-state index contributed by atoms with van der Waals surface area (Å²) >= 11 is 0. The molecule has 0 radical (unpaired) electrons. The molecule has 14 heavy (non-hydrogen) atoms. The Hall–Kier alpha value is -1.15. The van der Waals surface area contributed by atoms with Crippen molar-refractivity contribution < 1.29 is 9.90 Å². The predicted octanol–water partition coefficient (Wildman–Crippen LogP) is 2.55. The van der Waals surface area contributed by atoms with Gasteiger partial charge in [-0.15, -0.1) is 0 Å². The molecule has 1 N–H and O–H groups in total. The van der Waals surface area contributed by atoms with E-state index in [0.29, 0.717) is 0 Å². The highest BCUT2D eigenvalue weighted by atomic mass is 16.3. The second kappa shape index (κ2) is 8.45. The standard InChI is InChI=1S/C7H8O.C5H10O/c8-6-7-4-2-1-3-5-7;1-3-4-5(2)6/h1-5,8H,6H2;3-4H2,1-2H3. The third-order valence-electron chi connectivity index (χ3n) is 1.63. The van der Waals surface area contributed by atoms with Crippen LogP contribution in [0.5, 0.6) is 0 Å². The van der Waals surface area contributed by atoms with Crippen molar-refractivity contribution in [2.24, 2.45) is 0 Å². The molecule has 0 amide bonds. The second-order valence-electron chi connectivity index (χ2n) is 3.10. The van der Waals surface area contributed by atoms with Crippen LogP contribution in [-0.2, 0) is 11.4 Å². The second-order valence-corrected chi connectivity index (χ2v) is 3.10. The molecule has 0 saturated carbocycles. The number of aliphatic hydroxyl groups is 1. The van der Waals surface area contributed by atoms with Gasteiger partial charge in [-0.2, -0.15) is 0 Å². The van der Waals surface area contributed by atoms with Gasteiger partial charge in [0.1, 0.15) is 5.78 Å². The molecule has 0 heterocycles. The minimum absolute atomic E-state index is 0.140. The van der Waals surface area contributed by atoms with Gasteiger partial charge in [-0.25, -0.2) is 0 Å². The Bertz CT molecular complexity index is 242. The Kier molecular flexibility index (Phi) is 7.75. The normalized spacial score (nSPS) is 8.79. The maximum absolute atomic E-state index is 10.0. The predicted molar refractivity (Wildman–Crippen MR) is 58.0 cm³/mol. The maximum Gasteiger partial charge on any atom is 0.129 e. The zero-order valence-corrected chi connectivity index (χ0v) is 8.86. The summed E-state index contributed by atoms with van der Waals surface area (Å²) < 4.78 is 0. The van der Waals surface area contributed by atoms with Gasteiger partial charge >= 0.3 is 0 Å². The molecule has 0 spiro atoms. The molecule has 0 aliphatic rings. The van der Waals surface area contributed by atoms with Gasteiger partial charge in [0.2, 0.25) is 0 Å². The van der Waals surface area contributed by atoms with Crippen molar-refractivity contribution in [2.45, 2.75) is 33.3 Å². The van der Waals surface area contributed by atoms with Gasteiger partial charge in [-0.3, -0.25) is 0 Å². The van der Waals surface area contributed by atoms with Gasteiger partial charge in [0.05, 0.1) is 6.61 Å². The van der Waals surface area contributed by atoms with Crippen molar-refractivity contribution >= 4 is 5.78 Å². The Morgan fingerprint density at radius 3 is 2.07 bits per heavy atom. The van der Waals surface area contributed by atoms with Crippen LogP contribution in [0.25, 0.3) is 0 Å². The van der Waals surface area contributed by atoms with E-state index in [1.54, 1.807) is 6.92 Å². The highest BCUT2D eigenvalue weighted by Gasteiger charge is 1.83. The van der Waals surface area contributed by atoms with Gasteiger partial charge in [-0.05, 0) is 18.9 Å². The molecule has 0 saturated heterocycles. The minimum Gasteiger partial charge on any atom is -0.392 e. The van der Waals surface area contributed by atoms with Gasteiger partial charge in [0.25, 0.3) is 0 Å². The Labute approximate surface area is 85.6 Å². The average Bonchev–Trinajstić information content (AvgIpc) is 2.20. The number of ketones is 1. The molecule has 2 heteroatoms. The maximum atomic E-state index is 10.0. The van der Waals surface area contributed by atoms with Gasteiger partial charge < -0.3 is 9.90 Å². The lowest BCUT2D eigenvalue weighted by Crippen LogP contribution is -1.84. The molecule has 0 bridgehead atoms. The summed E-state index contributed by atoms with van der Waals surface area (Å²) in [4.78, 5) is 10.0. The Balaban J connectivity index is 0.000000255. The van der Waals surface area contributed by atoms with Crippen LogP contribution in [0.1, 0.15) is 32.3 Å². The van der Waals surface area contributed by atoms with E-state index in [1.165, 1.54) is 0 Å². The summed E-state index contributed by atoms with van der Waals surface area (Å²) in [6, 6.07) is 9.52. The summed E-state index contributed by atoms with van der Waals surface area (Å²) in [6.07, 6.45) is 1.72. The minimum atomic E-state index is 0.140. The van der Waals surface area contributed by atoms with Gasteiger partial charge in [-0.1, -0.05) is 37.3 Å². The van der Waals surface area contributed by atoms with Crippen molar-refractivity contribution in [3.63, 3.8) is 0 Å². The summed E-state index contributed by atoms with van der Waals surface area (Å²) in [5.41, 5.74) is 0.965. The summed E-state index contributed by atoms with van der Waals surface area (Å²) in [6.45, 7) is 3.76. The first kappa shape index (κ1) is 12.8. The summed E-state index contributed by atoms with van der Waals surface area (Å²) in [5, 5.41) is 8.54. The van der Waals surface area contributed by atoms with E-state index in [-0.39, 0.29) is 12.4 Å². The SMILES string of the molecule is CCCC(C)=O.OCc1ccccc1. The molecule has 0 aromatic heterocycles. The molecule has 1 aromatic rings. The fraction of sp³-hybridized carbons (Fsp3) is 0.417. The number of hydrogen-bond acceptors (Lipinski definition) is 2. The average molecular weight is 194 g/mol. The Morgan fingerprint density at radius 1 is 1.29 bits per heavy atom. The molecular weight excluding hydrogens is 176 g/mol. The monoisotopic (exact) mass is 194 g/mol. The van der Waals surface area contributed by atoms with E-state index in [2.05, 4.69) is 0 Å². The van der Waals surface area contributed by atoms with Gasteiger partial charge in [0, 0.05) is 6.42 Å². The number of rotatable bonds is 3. The smallest absolute Gasteiger partial charge is 0.129 e. The molecule has 0 atom stereocenters. The zero-order chi connectivity index (χ0) is 10.8. The molecule has 0 fully saturated rings. The van der Waals surface area contributed by atoms with E-state index in [9.17, 15) is 4.79 Å². The third kappa shape index (κ3) is 7.50. The van der Waals surface area contributed by atoms with Crippen LogP contribution in [-0.4, -0.2) is 10.9 Å². The van der Waals surface area contributed by atoms with E-state index in [4.69, 9.17) is 5.11 Å². The number of benzene rings is 1. The first-order valence-corrected chi connectivity index (χ1v) is 4.85. The fourth-order valence-corrected chi connectivity index (χ4v) is 0.935. The Morgan fingerprint density at radius 2 is 1.86 bits per heavy atom. The van der Waals surface area contributed by atoms with E-state index in [1.807, 2.05) is 37.3 Å². The van der Waals surface area contributed by atoms with Crippen LogP contribution >= 0.6 is 0 Å². The molecule has 0 unspecified atom stereocenters. The number of carbonyl (C=O) groups is 1. The first-order chi connectivity index (χ1) is 6.70. The van der Waals surface area contributed by atoms with Crippen molar-refractivity contribution in [2.75, 3.05) is 0 Å². The van der Waals surface area contributed by atoms with Crippen molar-refractivity contribution in [3.8, 4) is 0 Å². The topological polar surface area (TPSA) is 37.3 Å². The number of hydrogen-bond donors (Lipinski definition) is 1. The molecular formula is C12H18O2. The van der Waals surface area contributed by atoms with E-state index < -0.39 is 0 Å². The highest BCUT2D eigenvalue weighted by Crippen LogP contribution is 1.95. The van der Waals surface area contributed by atoms with Crippen LogP contribution in [0, 0.1) is 0 Å². The lowest BCUT2D eigenvalue weighted by atomic mass is 10.2. The fourth-order valence-electron chi connectivity index (χ4n) is 0.935. The van der Waals surface area contributed by atoms with Gasteiger partial charge in [0.15, 0.2) is 0 Å². The number of aliphatic hydroxyl groups excluding tert-OH is 1. The first-order valence-electron chi connectivity index (χ1n) is 4.85. The summed E-state index contributed by atoms with van der Waals surface area (Å²) in [5.74, 6) is 0.289. The lowest BCUT2D eigenvalue weighted by molar-refractivity contribution is -0.117. The quantitative estimate of drug-likeness (QED) is 0.803. The van der Waals surface area contributed by atoms with Crippen molar-refractivity contribution in [1.29, 1.82) is 0 Å². The van der Waals surface area contributed by atoms with Crippen molar-refractivity contribution in [3.05, 3.63) is 35.9 Å². The van der Waals surface area contributed by atoms with Crippen LogP contribution in [0.15, 0.2) is 30.3 Å². The molecule has 0 aliphatic heterocycles. The lowest BCUT2D eigenvalue weighted by Gasteiger charge is -1.89. The molecule has 1 rings (SSSR count).